The molecule has 0 saturated heterocycles. The first-order valence-electron chi connectivity index (χ1n) is 12.5. The highest BCUT2D eigenvalue weighted by Gasteiger charge is 2.19. The third-order valence-corrected chi connectivity index (χ3v) is 6.34. The summed E-state index contributed by atoms with van der Waals surface area (Å²) in [5, 5.41) is 14.0. The summed E-state index contributed by atoms with van der Waals surface area (Å²) < 4.78 is 23.1. The number of rotatable bonds is 10. The van der Waals surface area contributed by atoms with Gasteiger partial charge in [-0.25, -0.2) is 9.78 Å². The molecule has 0 amide bonds. The molecule has 10 nitrogen and oxygen atoms in total. The second kappa shape index (κ2) is 11.9. The third-order valence-electron chi connectivity index (χ3n) is 6.34. The highest BCUT2D eigenvalue weighted by Crippen LogP contribution is 2.38. The number of benzene rings is 3. The first-order valence-corrected chi connectivity index (χ1v) is 12.5. The van der Waals surface area contributed by atoms with Crippen LogP contribution in [0.4, 0.5) is 0 Å². The molecule has 1 N–H and O–H groups in total. The molecule has 40 heavy (non-hydrogen) atoms. The topological polar surface area (TPSA) is 121 Å². The minimum absolute atomic E-state index is 0.143. The zero-order valence-electron chi connectivity index (χ0n) is 23.2. The Hall–Kier alpha value is -4.86. The Morgan fingerprint density at radius 1 is 1.02 bits per heavy atom. The molecule has 0 saturated carbocycles. The van der Waals surface area contributed by atoms with E-state index in [4.69, 9.17) is 29.0 Å². The lowest BCUT2D eigenvalue weighted by Gasteiger charge is -2.17. The number of para-hydroxylation sites is 1. The maximum atomic E-state index is 13.7. The van der Waals surface area contributed by atoms with Crippen LogP contribution in [0.1, 0.15) is 36.5 Å². The molecule has 0 aliphatic heterocycles. The molecule has 4 aromatic rings. The van der Waals surface area contributed by atoms with Crippen molar-refractivity contribution in [3.63, 3.8) is 0 Å². The van der Waals surface area contributed by atoms with Crippen LogP contribution in [0.3, 0.4) is 0 Å². The van der Waals surface area contributed by atoms with Crippen LogP contribution in [0, 0.1) is 6.92 Å². The summed E-state index contributed by atoms with van der Waals surface area (Å²) in [6, 6.07) is 14.3. The van der Waals surface area contributed by atoms with Gasteiger partial charge in [-0.3, -0.25) is 4.79 Å². The van der Waals surface area contributed by atoms with E-state index in [1.807, 2.05) is 25.1 Å². The summed E-state index contributed by atoms with van der Waals surface area (Å²) in [7, 11) is 4.49. The summed E-state index contributed by atoms with van der Waals surface area (Å²) in [6.45, 7) is 5.51. The number of aliphatic carboxylic acids is 1. The zero-order chi connectivity index (χ0) is 29.0. The number of aryl methyl sites for hydroxylation is 1. The van der Waals surface area contributed by atoms with Crippen LogP contribution in [-0.2, 0) is 4.79 Å². The predicted octanol–water partition coefficient (Wildman–Crippen LogP) is 4.87. The van der Waals surface area contributed by atoms with E-state index in [9.17, 15) is 9.59 Å². The number of nitrogens with zero attached hydrogens (tertiary/aromatic N) is 3. The highest BCUT2D eigenvalue weighted by molar-refractivity contribution is 5.84. The largest absolute Gasteiger partial charge is 0.496 e. The van der Waals surface area contributed by atoms with Crippen LogP contribution in [0.5, 0.6) is 23.0 Å². The van der Waals surface area contributed by atoms with Crippen molar-refractivity contribution in [3.05, 3.63) is 75.6 Å². The van der Waals surface area contributed by atoms with Gasteiger partial charge in [0.15, 0.2) is 23.9 Å². The lowest BCUT2D eigenvalue weighted by Crippen LogP contribution is -2.21. The standard InChI is InChI=1S/C30H31N3O7/c1-17(2)21-14-22(18(3)11-24(21)37-4)29-32-23-10-8-7-9-20(23)30(36)33(29)31-15-19-12-25(38-5)28(26(13-19)39-6)40-16-27(34)35/h7-15,17H,16H2,1-6H3,(H,34,35). The van der Waals surface area contributed by atoms with Crippen molar-refractivity contribution in [3.8, 4) is 34.4 Å². The predicted molar refractivity (Wildman–Crippen MR) is 152 cm³/mol. The molecule has 0 aliphatic carbocycles. The molecular weight excluding hydrogens is 514 g/mol. The van der Waals surface area contributed by atoms with E-state index in [1.54, 1.807) is 37.4 Å². The minimum atomic E-state index is -1.14. The summed E-state index contributed by atoms with van der Waals surface area (Å²) in [5.41, 5.74) is 3.34. The molecule has 1 heterocycles. The Kier molecular flexibility index (Phi) is 8.37. The van der Waals surface area contributed by atoms with Crippen molar-refractivity contribution in [1.82, 2.24) is 9.66 Å². The molecule has 10 heteroatoms. The van der Waals surface area contributed by atoms with E-state index in [0.717, 1.165) is 22.4 Å². The van der Waals surface area contributed by atoms with Crippen LogP contribution in [-0.4, -0.2) is 54.9 Å². The van der Waals surface area contributed by atoms with Gasteiger partial charge in [0.05, 0.1) is 38.4 Å². The van der Waals surface area contributed by atoms with Gasteiger partial charge in [0, 0.05) is 11.1 Å². The molecule has 0 fully saturated rings. The molecule has 0 radical (unpaired) electrons. The molecule has 0 unspecified atom stereocenters. The van der Waals surface area contributed by atoms with Crippen LogP contribution < -0.4 is 24.5 Å². The summed E-state index contributed by atoms with van der Waals surface area (Å²) >= 11 is 0. The van der Waals surface area contributed by atoms with E-state index >= 15 is 0 Å². The molecule has 0 bridgehead atoms. The smallest absolute Gasteiger partial charge is 0.341 e. The maximum absolute atomic E-state index is 13.7. The van der Waals surface area contributed by atoms with Gasteiger partial charge < -0.3 is 24.1 Å². The molecule has 0 atom stereocenters. The van der Waals surface area contributed by atoms with Gasteiger partial charge in [0.2, 0.25) is 5.75 Å². The monoisotopic (exact) mass is 545 g/mol. The Labute approximate surface area is 231 Å². The first kappa shape index (κ1) is 28.2. The number of methoxy groups -OCH3 is 3. The fraction of sp³-hybridized carbons (Fsp3) is 0.267. The Balaban J connectivity index is 1.92. The van der Waals surface area contributed by atoms with Gasteiger partial charge in [-0.1, -0.05) is 26.0 Å². The molecule has 4 rings (SSSR count). The first-order chi connectivity index (χ1) is 19.2. The van der Waals surface area contributed by atoms with Crippen molar-refractivity contribution in [2.75, 3.05) is 27.9 Å². The molecule has 3 aromatic carbocycles. The van der Waals surface area contributed by atoms with E-state index in [0.29, 0.717) is 22.3 Å². The Morgan fingerprint density at radius 2 is 1.68 bits per heavy atom. The molecular formula is C30H31N3O7. The zero-order valence-corrected chi connectivity index (χ0v) is 23.2. The molecule has 208 valence electrons. The summed E-state index contributed by atoms with van der Waals surface area (Å²) in [4.78, 5) is 29.6. The van der Waals surface area contributed by atoms with Gasteiger partial charge in [0.25, 0.3) is 5.56 Å². The van der Waals surface area contributed by atoms with Crippen molar-refractivity contribution in [2.24, 2.45) is 5.10 Å². The number of carboxylic acids is 1. The Bertz CT molecular complexity index is 1630. The lowest BCUT2D eigenvalue weighted by atomic mass is 9.96. The van der Waals surface area contributed by atoms with E-state index < -0.39 is 12.6 Å². The normalized spacial score (nSPS) is 11.3. The lowest BCUT2D eigenvalue weighted by molar-refractivity contribution is -0.139. The van der Waals surface area contributed by atoms with E-state index in [1.165, 1.54) is 25.1 Å². The number of carboxylic acid groups (broad SMARTS) is 1. The fourth-order valence-electron chi connectivity index (χ4n) is 4.35. The number of hydrogen-bond acceptors (Lipinski definition) is 8. The quantitative estimate of drug-likeness (QED) is 0.280. The number of hydrogen-bond donors (Lipinski definition) is 1. The number of carbonyl (C=O) groups is 1. The van der Waals surface area contributed by atoms with Crippen LogP contribution in [0.25, 0.3) is 22.3 Å². The van der Waals surface area contributed by atoms with E-state index in [-0.39, 0.29) is 28.7 Å². The molecule has 0 aliphatic rings. The van der Waals surface area contributed by atoms with Crippen LogP contribution in [0.2, 0.25) is 0 Å². The maximum Gasteiger partial charge on any atom is 0.341 e. The second-order valence-corrected chi connectivity index (χ2v) is 9.31. The second-order valence-electron chi connectivity index (χ2n) is 9.31. The van der Waals surface area contributed by atoms with Crippen molar-refractivity contribution in [1.29, 1.82) is 0 Å². The third kappa shape index (κ3) is 5.61. The average molecular weight is 546 g/mol. The van der Waals surface area contributed by atoms with Crippen molar-refractivity contribution >= 4 is 23.1 Å². The van der Waals surface area contributed by atoms with Crippen LogP contribution in [0.15, 0.2) is 58.4 Å². The molecule has 0 spiro atoms. The number of fused-ring (bicyclic) bond motifs is 1. The van der Waals surface area contributed by atoms with Crippen molar-refractivity contribution < 1.29 is 28.8 Å². The number of ether oxygens (including phenoxy) is 4. The van der Waals surface area contributed by atoms with E-state index in [2.05, 4.69) is 18.9 Å². The Morgan fingerprint density at radius 3 is 2.27 bits per heavy atom. The van der Waals surface area contributed by atoms with Gasteiger partial charge in [-0.2, -0.15) is 9.78 Å². The summed E-state index contributed by atoms with van der Waals surface area (Å²) in [5.74, 6) is 0.809. The average Bonchev–Trinajstić information content (AvgIpc) is 2.94. The molecule has 1 aromatic heterocycles. The van der Waals surface area contributed by atoms with Gasteiger partial charge >= 0.3 is 5.97 Å². The van der Waals surface area contributed by atoms with Crippen LogP contribution >= 0.6 is 0 Å². The SMILES string of the molecule is COc1cc(C)c(-c2nc3ccccc3c(=O)n2N=Cc2cc(OC)c(OCC(=O)O)c(OC)c2)cc1C(C)C. The van der Waals surface area contributed by atoms with Gasteiger partial charge in [-0.15, -0.1) is 0 Å². The summed E-state index contributed by atoms with van der Waals surface area (Å²) in [6.07, 6.45) is 1.48. The highest BCUT2D eigenvalue weighted by atomic mass is 16.5. The van der Waals surface area contributed by atoms with Gasteiger partial charge in [-0.05, 0) is 60.4 Å². The van der Waals surface area contributed by atoms with Crippen molar-refractivity contribution in [2.45, 2.75) is 26.7 Å². The number of aromatic nitrogens is 2. The minimum Gasteiger partial charge on any atom is -0.496 e. The fourth-order valence-corrected chi connectivity index (χ4v) is 4.35. The van der Waals surface area contributed by atoms with Gasteiger partial charge in [0.1, 0.15) is 5.75 Å².